The molecule has 2 aromatic rings. The Balaban J connectivity index is 1.51. The summed E-state index contributed by atoms with van der Waals surface area (Å²) in [4.78, 5) is 24.4. The van der Waals surface area contributed by atoms with Crippen molar-refractivity contribution in [1.82, 2.24) is 10.6 Å². The molecule has 2 N–H and O–H groups in total. The number of carbonyl (C=O) groups is 2. The predicted octanol–water partition coefficient (Wildman–Crippen LogP) is 5.41. The van der Waals surface area contributed by atoms with E-state index in [1.807, 2.05) is 24.3 Å². The fourth-order valence-electron chi connectivity index (χ4n) is 3.18. The maximum absolute atomic E-state index is 12.2. The third kappa shape index (κ3) is 8.76. The van der Waals surface area contributed by atoms with E-state index in [0.717, 1.165) is 57.2 Å². The van der Waals surface area contributed by atoms with Crippen molar-refractivity contribution in [3.63, 3.8) is 0 Å². The lowest BCUT2D eigenvalue weighted by atomic mass is 10.1. The minimum atomic E-state index is -0.0483. The average molecular weight is 664 g/mol. The van der Waals surface area contributed by atoms with Gasteiger partial charge >= 0.3 is 0 Å². The fraction of sp³-hybridized carbons (Fsp3) is 0.417. The molecule has 0 saturated carbocycles. The fourth-order valence-corrected chi connectivity index (χ4v) is 4.65. The number of hydrogen-bond acceptors (Lipinski definition) is 4. The molecule has 0 aromatic heterocycles. The van der Waals surface area contributed by atoms with Gasteiger partial charge in [-0.05, 0) is 94.4 Å². The molecule has 2 amide bonds. The van der Waals surface area contributed by atoms with Crippen molar-refractivity contribution in [2.75, 3.05) is 27.3 Å². The largest absolute Gasteiger partial charge is 0.496 e. The van der Waals surface area contributed by atoms with Gasteiger partial charge in [0.1, 0.15) is 11.5 Å². The van der Waals surface area contributed by atoms with Crippen molar-refractivity contribution in [2.45, 2.75) is 38.5 Å². The smallest absolute Gasteiger partial charge is 0.251 e. The van der Waals surface area contributed by atoms with Gasteiger partial charge in [0.2, 0.25) is 0 Å². The summed E-state index contributed by atoms with van der Waals surface area (Å²) in [5, 5.41) is 5.95. The highest BCUT2D eigenvalue weighted by Gasteiger charge is 2.09. The van der Waals surface area contributed by atoms with E-state index in [4.69, 9.17) is 9.47 Å². The second-order valence-electron chi connectivity index (χ2n) is 7.33. The molecule has 0 heterocycles. The first-order chi connectivity index (χ1) is 15.5. The Bertz CT molecular complexity index is 832. The molecular weight excluding hydrogens is 634 g/mol. The third-order valence-corrected chi connectivity index (χ3v) is 6.69. The van der Waals surface area contributed by atoms with Crippen LogP contribution in [0.1, 0.15) is 59.2 Å². The molecule has 2 aromatic carbocycles. The Labute approximate surface area is 217 Å². The van der Waals surface area contributed by atoms with E-state index in [0.29, 0.717) is 24.2 Å². The predicted molar refractivity (Wildman–Crippen MR) is 144 cm³/mol. The van der Waals surface area contributed by atoms with Crippen LogP contribution < -0.4 is 20.1 Å². The molecule has 0 radical (unpaired) electrons. The number of hydrogen-bond donors (Lipinski definition) is 2. The molecule has 0 aliphatic rings. The first-order valence-corrected chi connectivity index (χ1v) is 12.9. The molecule has 8 heteroatoms. The highest BCUT2D eigenvalue weighted by atomic mass is 127. The van der Waals surface area contributed by atoms with Crippen molar-refractivity contribution < 1.29 is 19.1 Å². The highest BCUT2D eigenvalue weighted by Crippen LogP contribution is 2.22. The van der Waals surface area contributed by atoms with Crippen LogP contribution in [0.4, 0.5) is 0 Å². The van der Waals surface area contributed by atoms with Crippen LogP contribution in [0.25, 0.3) is 0 Å². The molecule has 0 spiro atoms. The van der Waals surface area contributed by atoms with Gasteiger partial charge in [-0.2, -0.15) is 0 Å². The van der Waals surface area contributed by atoms with Gasteiger partial charge in [-0.15, -0.1) is 0 Å². The van der Waals surface area contributed by atoms with E-state index in [2.05, 4.69) is 55.8 Å². The molecule has 0 aliphatic heterocycles. The molecule has 0 atom stereocenters. The Morgan fingerprint density at radius 3 is 1.41 bits per heavy atom. The van der Waals surface area contributed by atoms with E-state index in [-0.39, 0.29) is 11.8 Å². The second-order valence-corrected chi connectivity index (χ2v) is 9.66. The second kappa shape index (κ2) is 14.6. The van der Waals surface area contributed by atoms with Crippen molar-refractivity contribution in [3.8, 4) is 11.5 Å². The molecule has 0 unspecified atom stereocenters. The van der Waals surface area contributed by atoms with Crippen LogP contribution in [0.3, 0.4) is 0 Å². The van der Waals surface area contributed by atoms with Crippen LogP contribution >= 0.6 is 45.2 Å². The molecular formula is C24H30I2N2O4. The van der Waals surface area contributed by atoms with Crippen LogP contribution in [0.5, 0.6) is 11.5 Å². The molecule has 0 bridgehead atoms. The lowest BCUT2D eigenvalue weighted by Crippen LogP contribution is -2.24. The molecule has 0 aliphatic carbocycles. The van der Waals surface area contributed by atoms with Gasteiger partial charge in [0.05, 0.1) is 21.4 Å². The van der Waals surface area contributed by atoms with Gasteiger partial charge in [0.25, 0.3) is 11.8 Å². The van der Waals surface area contributed by atoms with Gasteiger partial charge in [0.15, 0.2) is 0 Å². The summed E-state index contributed by atoms with van der Waals surface area (Å²) >= 11 is 4.33. The minimum absolute atomic E-state index is 0.0483. The van der Waals surface area contributed by atoms with Crippen LogP contribution in [-0.4, -0.2) is 39.1 Å². The molecule has 32 heavy (non-hydrogen) atoms. The quantitative estimate of drug-likeness (QED) is 0.222. The van der Waals surface area contributed by atoms with Crippen LogP contribution in [0.15, 0.2) is 36.4 Å². The first kappa shape index (κ1) is 26.7. The molecule has 0 fully saturated rings. The van der Waals surface area contributed by atoms with Gasteiger partial charge in [0, 0.05) is 24.2 Å². The lowest BCUT2D eigenvalue weighted by molar-refractivity contribution is 0.0944. The number of ether oxygens (including phenoxy) is 2. The Morgan fingerprint density at radius 1 is 0.688 bits per heavy atom. The molecule has 6 nitrogen and oxygen atoms in total. The Hall–Kier alpha value is -1.56. The lowest BCUT2D eigenvalue weighted by Gasteiger charge is -2.08. The molecule has 2 rings (SSSR count). The summed E-state index contributed by atoms with van der Waals surface area (Å²) in [6, 6.07) is 10.9. The number of amides is 2. The summed E-state index contributed by atoms with van der Waals surface area (Å²) in [7, 11) is 3.24. The van der Waals surface area contributed by atoms with E-state index >= 15 is 0 Å². The number of nitrogens with one attached hydrogen (secondary N) is 2. The zero-order chi connectivity index (χ0) is 23.3. The van der Waals surface area contributed by atoms with Gasteiger partial charge in [-0.25, -0.2) is 0 Å². The van der Waals surface area contributed by atoms with Gasteiger partial charge < -0.3 is 20.1 Å². The summed E-state index contributed by atoms with van der Waals surface area (Å²) in [5.74, 6) is 1.45. The van der Waals surface area contributed by atoms with Crippen LogP contribution in [0, 0.1) is 7.14 Å². The third-order valence-electron chi connectivity index (χ3n) is 5.00. The number of carbonyl (C=O) groups excluding carboxylic acids is 2. The molecule has 0 saturated heterocycles. The summed E-state index contributed by atoms with van der Waals surface area (Å²) in [6.45, 7) is 1.36. The van der Waals surface area contributed by atoms with Crippen molar-refractivity contribution in [3.05, 3.63) is 54.7 Å². The SMILES string of the molecule is COc1ccc(C(=O)NCCCCCCCCNC(=O)c2ccc(OC)c(I)c2)cc1I. The van der Waals surface area contributed by atoms with Crippen LogP contribution in [-0.2, 0) is 0 Å². The van der Waals surface area contributed by atoms with E-state index in [1.165, 1.54) is 0 Å². The summed E-state index contributed by atoms with van der Waals surface area (Å²) in [5.41, 5.74) is 1.31. The maximum Gasteiger partial charge on any atom is 0.251 e. The number of methoxy groups -OCH3 is 2. The van der Waals surface area contributed by atoms with E-state index in [1.54, 1.807) is 26.4 Å². The summed E-state index contributed by atoms with van der Waals surface area (Å²) in [6.07, 6.45) is 6.34. The van der Waals surface area contributed by atoms with E-state index < -0.39 is 0 Å². The monoisotopic (exact) mass is 664 g/mol. The maximum atomic E-state index is 12.2. The molecule has 174 valence electrons. The average Bonchev–Trinajstić information content (AvgIpc) is 2.79. The zero-order valence-corrected chi connectivity index (χ0v) is 22.8. The van der Waals surface area contributed by atoms with Crippen molar-refractivity contribution in [2.24, 2.45) is 0 Å². The Kier molecular flexibility index (Phi) is 12.1. The highest BCUT2D eigenvalue weighted by molar-refractivity contribution is 14.1. The first-order valence-electron chi connectivity index (χ1n) is 10.7. The van der Waals surface area contributed by atoms with Crippen LogP contribution in [0.2, 0.25) is 0 Å². The minimum Gasteiger partial charge on any atom is -0.496 e. The summed E-state index contributed by atoms with van der Waals surface area (Å²) < 4.78 is 12.3. The van der Waals surface area contributed by atoms with E-state index in [9.17, 15) is 9.59 Å². The number of halogens is 2. The zero-order valence-electron chi connectivity index (χ0n) is 18.5. The van der Waals surface area contributed by atoms with Crippen molar-refractivity contribution in [1.29, 1.82) is 0 Å². The normalized spacial score (nSPS) is 10.5. The number of benzene rings is 2. The standard InChI is InChI=1S/C24H30I2N2O4/c1-31-21-11-9-17(15-19(21)25)23(29)27-13-7-5-3-4-6-8-14-28-24(30)18-10-12-22(32-2)20(26)16-18/h9-12,15-16H,3-8,13-14H2,1-2H3,(H,27,29)(H,28,30). The topological polar surface area (TPSA) is 76.7 Å². The van der Waals surface area contributed by atoms with Gasteiger partial charge in [-0.1, -0.05) is 25.7 Å². The Morgan fingerprint density at radius 2 is 1.06 bits per heavy atom. The number of unbranched alkanes of at least 4 members (excludes halogenated alkanes) is 5. The number of rotatable bonds is 13. The van der Waals surface area contributed by atoms with Gasteiger partial charge in [-0.3, -0.25) is 9.59 Å². The van der Waals surface area contributed by atoms with Crippen molar-refractivity contribution >= 4 is 57.0 Å².